The van der Waals surface area contributed by atoms with Gasteiger partial charge in [-0.25, -0.2) is 14.2 Å². The third kappa shape index (κ3) is 4.33. The van der Waals surface area contributed by atoms with Crippen LogP contribution in [0, 0.1) is 5.82 Å². The molecule has 36 heavy (non-hydrogen) atoms. The Kier molecular flexibility index (Phi) is 5.80. The number of aromatic nitrogens is 2. The number of benzene rings is 2. The Bertz CT molecular complexity index is 1470. The molecule has 4 aromatic rings. The molecule has 0 bridgehead atoms. The van der Waals surface area contributed by atoms with E-state index in [1.807, 2.05) is 59.4 Å². The van der Waals surface area contributed by atoms with Crippen LogP contribution in [0.1, 0.15) is 37.1 Å². The predicted molar refractivity (Wildman–Crippen MR) is 131 cm³/mol. The number of hydrogen-bond acceptors (Lipinski definition) is 6. The number of cyclic esters (lactones) is 1. The summed E-state index contributed by atoms with van der Waals surface area (Å²) in [4.78, 5) is 18.2. The zero-order valence-corrected chi connectivity index (χ0v) is 19.8. The van der Waals surface area contributed by atoms with Gasteiger partial charge in [-0.2, -0.15) is 4.57 Å². The first-order valence-corrected chi connectivity index (χ1v) is 11.5. The van der Waals surface area contributed by atoms with Gasteiger partial charge in [-0.15, -0.1) is 0 Å². The van der Waals surface area contributed by atoms with E-state index in [4.69, 9.17) is 20.2 Å². The van der Waals surface area contributed by atoms with Crippen LogP contribution in [0.3, 0.4) is 0 Å². The van der Waals surface area contributed by atoms with E-state index in [1.165, 1.54) is 26.0 Å². The third-order valence-electron chi connectivity index (χ3n) is 6.12. The number of pyridine rings is 2. The molecular formula is C28H25FN3O4+. The number of carbonyl (C=O) groups excluding carboxylic acids is 1. The van der Waals surface area contributed by atoms with E-state index >= 15 is 0 Å². The highest BCUT2D eigenvalue weighted by Crippen LogP contribution is 2.42. The maximum atomic E-state index is 13.9. The molecule has 0 radical (unpaired) electrons. The largest absolute Gasteiger partial charge is 0.480 e. The summed E-state index contributed by atoms with van der Waals surface area (Å²) in [5.41, 5.74) is 8.59. The summed E-state index contributed by atoms with van der Waals surface area (Å²) in [6.45, 7) is 3.06. The van der Waals surface area contributed by atoms with Crippen molar-refractivity contribution in [3.8, 4) is 0 Å². The molecule has 2 aromatic heterocycles. The molecule has 1 aliphatic heterocycles. The summed E-state index contributed by atoms with van der Waals surface area (Å²) >= 11 is 0. The maximum Gasteiger partial charge on any atom is 0.345 e. The van der Waals surface area contributed by atoms with Crippen LogP contribution in [-0.2, 0) is 14.3 Å². The fourth-order valence-electron chi connectivity index (χ4n) is 4.58. The first kappa shape index (κ1) is 23.3. The Morgan fingerprint density at radius 2 is 1.69 bits per heavy atom. The van der Waals surface area contributed by atoms with Crippen LogP contribution in [0.2, 0.25) is 0 Å². The van der Waals surface area contributed by atoms with Crippen LogP contribution in [0.25, 0.3) is 10.9 Å². The van der Waals surface area contributed by atoms with E-state index in [1.54, 1.807) is 18.2 Å². The van der Waals surface area contributed by atoms with Gasteiger partial charge in [0.25, 0.3) is 11.7 Å². The molecule has 8 heteroatoms. The molecule has 2 unspecified atom stereocenters. The van der Waals surface area contributed by atoms with Crippen molar-refractivity contribution >= 4 is 22.6 Å². The van der Waals surface area contributed by atoms with Crippen molar-refractivity contribution in [3.05, 3.63) is 114 Å². The molecule has 0 fully saturated rings. The number of nitrogens with zero attached hydrogens (tertiary/aromatic N) is 2. The monoisotopic (exact) mass is 486 g/mol. The number of carbonyl (C=O) groups is 1. The summed E-state index contributed by atoms with van der Waals surface area (Å²) in [5.74, 6) is -3.95. The van der Waals surface area contributed by atoms with Crippen molar-refractivity contribution < 1.29 is 28.3 Å². The molecule has 1 aliphatic rings. The standard InChI is InChI=1S/C28H24FN3O4/c1-28(2)35-26(33)24(27(34)36-28)23(17-10-12-18(29)13-11-17)25(32-14-6-3-7-15-32)22-16-20(30)19-8-4-5-9-21(19)31-22/h3-16,23,25H,1-2H3,(H2-,30,31,33,34)/p+1. The maximum absolute atomic E-state index is 13.9. The van der Waals surface area contributed by atoms with E-state index in [0.29, 0.717) is 22.5 Å². The second-order valence-corrected chi connectivity index (χ2v) is 9.06. The zero-order valence-electron chi connectivity index (χ0n) is 19.8. The number of rotatable bonds is 5. The molecule has 0 amide bonds. The van der Waals surface area contributed by atoms with Gasteiger partial charge in [0.15, 0.2) is 12.4 Å². The quantitative estimate of drug-likeness (QED) is 0.314. The lowest BCUT2D eigenvalue weighted by molar-refractivity contribution is -0.716. The molecule has 0 spiro atoms. The topological polar surface area (TPSA) is 98.6 Å². The molecule has 0 saturated carbocycles. The highest BCUT2D eigenvalue weighted by atomic mass is 19.1. The van der Waals surface area contributed by atoms with Gasteiger partial charge in [-0.1, -0.05) is 36.4 Å². The van der Waals surface area contributed by atoms with Crippen LogP contribution in [0.5, 0.6) is 0 Å². The average Bonchev–Trinajstić information content (AvgIpc) is 2.83. The van der Waals surface area contributed by atoms with Crippen molar-refractivity contribution in [2.75, 3.05) is 5.73 Å². The fourth-order valence-corrected chi connectivity index (χ4v) is 4.58. The number of para-hydroxylation sites is 1. The van der Waals surface area contributed by atoms with Crippen molar-refractivity contribution in [1.29, 1.82) is 0 Å². The van der Waals surface area contributed by atoms with Crippen molar-refractivity contribution in [3.63, 3.8) is 0 Å². The Morgan fingerprint density at radius 3 is 2.39 bits per heavy atom. The van der Waals surface area contributed by atoms with Gasteiger partial charge in [0.05, 0.1) is 11.4 Å². The normalized spacial score (nSPS) is 16.8. The summed E-state index contributed by atoms with van der Waals surface area (Å²) in [6, 6.07) is 19.8. The van der Waals surface area contributed by atoms with Crippen LogP contribution >= 0.6 is 0 Å². The lowest BCUT2D eigenvalue weighted by atomic mass is 9.82. The molecule has 7 nitrogen and oxygen atoms in total. The Hall–Kier alpha value is -4.46. The van der Waals surface area contributed by atoms with E-state index in [-0.39, 0.29) is 5.57 Å². The van der Waals surface area contributed by atoms with E-state index in [9.17, 15) is 14.3 Å². The number of hydrogen-bond donors (Lipinski definition) is 2. The summed E-state index contributed by atoms with van der Waals surface area (Å²) < 4.78 is 26.8. The Balaban J connectivity index is 1.80. The SMILES string of the molecule is CC1(C)OC(=O)C(C(c2ccc(F)cc2)C(c2cc(N)c3ccccc3n2)[n+]2ccccc2)=C(O)O1. The number of esters is 1. The van der Waals surface area contributed by atoms with E-state index in [0.717, 1.165) is 5.39 Å². The number of nitrogen functional groups attached to an aromatic ring is 1. The van der Waals surface area contributed by atoms with Gasteiger partial charge in [0.1, 0.15) is 17.1 Å². The molecule has 2 aromatic carbocycles. The van der Waals surface area contributed by atoms with Crippen LogP contribution in [0.15, 0.2) is 96.7 Å². The van der Waals surface area contributed by atoms with Gasteiger partial charge in [-0.05, 0) is 29.8 Å². The first-order valence-electron chi connectivity index (χ1n) is 11.5. The highest BCUT2D eigenvalue weighted by molar-refractivity contribution is 5.92. The summed E-state index contributed by atoms with van der Waals surface area (Å²) in [6.07, 6.45) is 3.65. The van der Waals surface area contributed by atoms with Gasteiger partial charge in [0, 0.05) is 37.1 Å². The van der Waals surface area contributed by atoms with Gasteiger partial charge < -0.3 is 20.3 Å². The van der Waals surface area contributed by atoms with Crippen molar-refractivity contribution in [2.24, 2.45) is 0 Å². The van der Waals surface area contributed by atoms with Gasteiger partial charge >= 0.3 is 5.97 Å². The molecule has 0 saturated heterocycles. The molecular weight excluding hydrogens is 461 g/mol. The smallest absolute Gasteiger partial charge is 0.345 e. The minimum Gasteiger partial charge on any atom is -0.480 e. The molecule has 0 aliphatic carbocycles. The molecule has 5 rings (SSSR count). The first-order chi connectivity index (χ1) is 17.2. The van der Waals surface area contributed by atoms with Crippen molar-refractivity contribution in [1.82, 2.24) is 4.98 Å². The average molecular weight is 487 g/mol. The molecule has 3 heterocycles. The van der Waals surface area contributed by atoms with Crippen LogP contribution in [0.4, 0.5) is 10.1 Å². The highest BCUT2D eigenvalue weighted by Gasteiger charge is 2.47. The Labute approximate surface area is 207 Å². The number of halogens is 1. The molecule has 2 atom stereocenters. The second kappa shape index (κ2) is 8.96. The van der Waals surface area contributed by atoms with Crippen LogP contribution in [-0.4, -0.2) is 21.8 Å². The minimum atomic E-state index is -1.35. The van der Waals surface area contributed by atoms with Gasteiger partial charge in [-0.3, -0.25) is 0 Å². The third-order valence-corrected chi connectivity index (χ3v) is 6.12. The number of fused-ring (bicyclic) bond motifs is 1. The lowest BCUT2D eigenvalue weighted by Crippen LogP contribution is -2.46. The number of aliphatic hydroxyl groups is 1. The predicted octanol–water partition coefficient (Wildman–Crippen LogP) is 4.70. The molecule has 182 valence electrons. The minimum absolute atomic E-state index is 0.101. The second-order valence-electron chi connectivity index (χ2n) is 9.06. The number of ether oxygens (including phenoxy) is 2. The fraction of sp³-hybridized carbons (Fsp3) is 0.179. The van der Waals surface area contributed by atoms with Crippen LogP contribution < -0.4 is 10.3 Å². The summed E-state index contributed by atoms with van der Waals surface area (Å²) in [5, 5.41) is 11.8. The van der Waals surface area contributed by atoms with E-state index < -0.39 is 35.5 Å². The Morgan fingerprint density at radius 1 is 1.00 bits per heavy atom. The number of nitrogens with two attached hydrogens (primary N) is 1. The lowest BCUT2D eigenvalue weighted by Gasteiger charge is -2.34. The van der Waals surface area contributed by atoms with E-state index in [2.05, 4.69) is 0 Å². The summed E-state index contributed by atoms with van der Waals surface area (Å²) in [7, 11) is 0. The molecule has 3 N–H and O–H groups in total. The number of aliphatic hydroxyl groups excluding tert-OH is 1. The zero-order chi connectivity index (χ0) is 25.4. The van der Waals surface area contributed by atoms with Gasteiger partial charge in [0.2, 0.25) is 6.04 Å². The number of anilines is 1. The van der Waals surface area contributed by atoms with Crippen molar-refractivity contribution in [2.45, 2.75) is 31.6 Å².